The summed E-state index contributed by atoms with van der Waals surface area (Å²) < 4.78 is 18.5. The Morgan fingerprint density at radius 3 is 2.00 bits per heavy atom. The van der Waals surface area contributed by atoms with E-state index in [9.17, 15) is 4.79 Å². The van der Waals surface area contributed by atoms with Crippen molar-refractivity contribution in [1.82, 2.24) is 0 Å². The zero-order valence-corrected chi connectivity index (χ0v) is 15.0. The van der Waals surface area contributed by atoms with Gasteiger partial charge in [0.05, 0.1) is 12.7 Å². The molecule has 0 radical (unpaired) electrons. The Labute approximate surface area is 129 Å². The molecule has 0 aromatic carbocycles. The molecule has 0 fully saturated rings. The van der Waals surface area contributed by atoms with Gasteiger partial charge in [0.15, 0.2) is 8.15 Å². The molecular formula is C14H34O4P2. The van der Waals surface area contributed by atoms with E-state index in [1.165, 1.54) is 26.2 Å². The van der Waals surface area contributed by atoms with Crippen LogP contribution in [0.2, 0.25) is 0 Å². The molecule has 2 unspecified atom stereocenters. The van der Waals surface area contributed by atoms with Gasteiger partial charge in [-0.25, -0.2) is 0 Å². The molecule has 0 aliphatic rings. The second kappa shape index (κ2) is 27.3. The van der Waals surface area contributed by atoms with Gasteiger partial charge in [0, 0.05) is 14.0 Å². The first-order valence-electron chi connectivity index (χ1n) is 6.68. The first-order valence-corrected chi connectivity index (χ1v) is 9.11. The lowest BCUT2D eigenvalue weighted by Crippen LogP contribution is -2.00. The number of ether oxygens (including phenoxy) is 2. The highest BCUT2D eigenvalue weighted by Gasteiger charge is 1.91. The summed E-state index contributed by atoms with van der Waals surface area (Å²) in [5, 5.41) is 0. The summed E-state index contributed by atoms with van der Waals surface area (Å²) in [6.07, 6.45) is 6.18. The molecule has 0 aromatic rings. The molecule has 0 aromatic heterocycles. The molecule has 4 nitrogen and oxygen atoms in total. The molecule has 0 heterocycles. The number of carbonyl (C=O) groups excluding carboxylic acids is 1. The second-order valence-electron chi connectivity index (χ2n) is 3.96. The average Bonchev–Trinajstić information content (AvgIpc) is 2.39. The molecule has 0 spiro atoms. The van der Waals surface area contributed by atoms with E-state index in [1.54, 1.807) is 7.11 Å². The van der Waals surface area contributed by atoms with Gasteiger partial charge in [0.1, 0.15) is 0 Å². The minimum Gasteiger partial charge on any atom is -0.466 e. The van der Waals surface area contributed by atoms with Crippen LogP contribution >= 0.6 is 17.1 Å². The Hall–Kier alpha value is -0.0400. The molecular weight excluding hydrogens is 294 g/mol. The zero-order valence-electron chi connectivity index (χ0n) is 13.0. The minimum atomic E-state index is -0.170. The van der Waals surface area contributed by atoms with Crippen LogP contribution in [0.1, 0.15) is 67.2 Å². The predicted molar refractivity (Wildman–Crippen MR) is 91.6 cm³/mol. The fourth-order valence-electron chi connectivity index (χ4n) is 0.911. The number of esters is 1. The van der Waals surface area contributed by atoms with Crippen molar-refractivity contribution in [2.24, 2.45) is 0 Å². The van der Waals surface area contributed by atoms with Crippen molar-refractivity contribution < 1.29 is 18.8 Å². The lowest BCUT2D eigenvalue weighted by molar-refractivity contribution is -0.141. The maximum Gasteiger partial charge on any atom is 0.302 e. The lowest BCUT2D eigenvalue weighted by Gasteiger charge is -2.01. The molecule has 6 heteroatoms. The van der Waals surface area contributed by atoms with Crippen LogP contribution in [0.15, 0.2) is 0 Å². The van der Waals surface area contributed by atoms with Crippen LogP contribution in [0.3, 0.4) is 0 Å². The Morgan fingerprint density at radius 2 is 1.75 bits per heavy atom. The first-order chi connectivity index (χ1) is 8.99. The van der Waals surface area contributed by atoms with Gasteiger partial charge in [-0.15, -0.1) is 0 Å². The van der Waals surface area contributed by atoms with E-state index >= 15 is 0 Å². The van der Waals surface area contributed by atoms with Gasteiger partial charge in [-0.2, -0.15) is 0 Å². The van der Waals surface area contributed by atoms with Gasteiger partial charge in [0.25, 0.3) is 0 Å². The highest BCUT2D eigenvalue weighted by molar-refractivity contribution is 7.96. The molecule has 124 valence electrons. The average molecular weight is 328 g/mol. The van der Waals surface area contributed by atoms with E-state index < -0.39 is 0 Å². The van der Waals surface area contributed by atoms with Gasteiger partial charge in [-0.3, -0.25) is 9.36 Å². The van der Waals surface area contributed by atoms with Gasteiger partial charge in [-0.1, -0.05) is 40.5 Å². The highest BCUT2D eigenvalue weighted by Crippen LogP contribution is 1.99. The Kier molecular flexibility index (Phi) is 38.5. The van der Waals surface area contributed by atoms with Gasteiger partial charge in [0.2, 0.25) is 0 Å². The first kappa shape index (κ1) is 28.2. The van der Waals surface area contributed by atoms with Crippen LogP contribution in [0.4, 0.5) is 0 Å². The third kappa shape index (κ3) is 43.0. The van der Waals surface area contributed by atoms with Crippen LogP contribution in [0.25, 0.3) is 0 Å². The van der Waals surface area contributed by atoms with E-state index in [1.807, 2.05) is 8.93 Å². The van der Waals surface area contributed by atoms with Crippen LogP contribution < -0.4 is 0 Å². The number of hydrogen-bond acceptors (Lipinski definition) is 4. The molecule has 0 saturated heterocycles. The summed E-state index contributed by atoms with van der Waals surface area (Å²) in [4.78, 5) is 10.3. The van der Waals surface area contributed by atoms with Crippen molar-refractivity contribution >= 4 is 23.0 Å². The normalized spacial score (nSPS) is 10.1. The number of unbranched alkanes of at least 4 members (excludes halogenated alkanes) is 3. The molecule has 0 aliphatic heterocycles. The second-order valence-corrected chi connectivity index (χ2v) is 4.80. The Balaban J connectivity index is -0.000000110. The number of hydrogen-bond donors (Lipinski definition) is 0. The smallest absolute Gasteiger partial charge is 0.302 e. The zero-order chi connectivity index (χ0) is 15.5. The largest absolute Gasteiger partial charge is 0.466 e. The molecule has 0 amide bonds. The van der Waals surface area contributed by atoms with E-state index in [0.29, 0.717) is 12.7 Å². The molecule has 0 rings (SSSR count). The van der Waals surface area contributed by atoms with Crippen molar-refractivity contribution in [2.75, 3.05) is 13.7 Å². The summed E-state index contributed by atoms with van der Waals surface area (Å²) in [6.45, 7) is 8.36. The van der Waals surface area contributed by atoms with Crippen LogP contribution in [-0.4, -0.2) is 25.8 Å². The Bertz CT molecular complexity index is 186. The lowest BCUT2D eigenvalue weighted by atomic mass is 10.2. The highest BCUT2D eigenvalue weighted by atomic mass is 32.0. The van der Waals surface area contributed by atoms with Crippen molar-refractivity contribution in [3.8, 4) is 0 Å². The van der Waals surface area contributed by atoms with Crippen molar-refractivity contribution in [3.05, 3.63) is 0 Å². The van der Waals surface area contributed by atoms with E-state index in [-0.39, 0.29) is 21.5 Å². The van der Waals surface area contributed by atoms with Crippen LogP contribution in [-0.2, 0) is 18.8 Å². The Morgan fingerprint density at radius 1 is 1.25 bits per heavy atom. The third-order valence-electron chi connectivity index (χ3n) is 2.28. The predicted octanol–water partition coefficient (Wildman–Crippen LogP) is 5.27. The third-order valence-corrected chi connectivity index (χ3v) is 2.28. The fraction of sp³-hybridized carbons (Fsp3) is 0.929. The topological polar surface area (TPSA) is 52.6 Å². The molecule has 0 aliphatic carbocycles. The van der Waals surface area contributed by atoms with E-state index in [0.717, 1.165) is 12.8 Å². The monoisotopic (exact) mass is 328 g/mol. The van der Waals surface area contributed by atoms with Gasteiger partial charge >= 0.3 is 5.97 Å². The standard InChI is InChI=1S/C8H16O2.C5H12O.CH4.H2OP2/c1-3-4-5-6-7-10-8(2)9;1-4-5(2)6-3;;1-3-2/h3-7H2,1-2H3;5H,4H2,1-3H3;1H4;2H2. The molecule has 2 atom stereocenters. The summed E-state index contributed by atoms with van der Waals surface area (Å²) in [6, 6.07) is 0. The molecule has 0 bridgehead atoms. The van der Waals surface area contributed by atoms with Crippen molar-refractivity contribution in [1.29, 1.82) is 0 Å². The maximum atomic E-state index is 10.3. The fourth-order valence-corrected chi connectivity index (χ4v) is 0.911. The SMILES string of the molecule is C.CCC(C)OC.CCCCCCOC(C)=O.O=PP. The van der Waals surface area contributed by atoms with Gasteiger partial charge < -0.3 is 9.47 Å². The van der Waals surface area contributed by atoms with Crippen molar-refractivity contribution in [2.45, 2.75) is 73.3 Å². The van der Waals surface area contributed by atoms with Crippen LogP contribution in [0, 0.1) is 0 Å². The molecule has 0 saturated carbocycles. The number of methoxy groups -OCH3 is 1. The summed E-state index contributed by atoms with van der Waals surface area (Å²) in [5.41, 5.74) is 0. The maximum absolute atomic E-state index is 10.3. The quantitative estimate of drug-likeness (QED) is 0.363. The molecule has 20 heavy (non-hydrogen) atoms. The van der Waals surface area contributed by atoms with Crippen molar-refractivity contribution in [3.63, 3.8) is 0 Å². The molecule has 0 N–H and O–H groups in total. The summed E-state index contributed by atoms with van der Waals surface area (Å²) in [7, 11) is 3.81. The number of rotatable bonds is 7. The number of carbonyl (C=O) groups is 1. The summed E-state index contributed by atoms with van der Waals surface area (Å²) in [5.74, 6) is -0.170. The minimum absolute atomic E-state index is 0. The summed E-state index contributed by atoms with van der Waals surface area (Å²) >= 11 is 0. The van der Waals surface area contributed by atoms with E-state index in [2.05, 4.69) is 20.8 Å². The van der Waals surface area contributed by atoms with Gasteiger partial charge in [-0.05, 0) is 28.7 Å². The van der Waals surface area contributed by atoms with Crippen LogP contribution in [0.5, 0.6) is 0 Å². The van der Waals surface area contributed by atoms with E-state index in [4.69, 9.17) is 14.0 Å².